The van der Waals surface area contributed by atoms with Crippen molar-refractivity contribution in [2.75, 3.05) is 12.4 Å². The molecule has 0 fully saturated rings. The first-order valence-electron chi connectivity index (χ1n) is 10.1. The van der Waals surface area contributed by atoms with Gasteiger partial charge in [0.25, 0.3) is 5.91 Å². The minimum absolute atomic E-state index is 0.135. The van der Waals surface area contributed by atoms with E-state index in [2.05, 4.69) is 10.6 Å². The predicted molar refractivity (Wildman–Crippen MR) is 117 cm³/mol. The highest BCUT2D eigenvalue weighted by molar-refractivity contribution is 6.06. The van der Waals surface area contributed by atoms with E-state index >= 15 is 0 Å². The lowest BCUT2D eigenvalue weighted by atomic mass is 10.00. The van der Waals surface area contributed by atoms with Crippen LogP contribution in [0.15, 0.2) is 48.5 Å². The van der Waals surface area contributed by atoms with Crippen molar-refractivity contribution in [3.8, 4) is 5.75 Å². The van der Waals surface area contributed by atoms with Crippen LogP contribution in [-0.4, -0.2) is 52.7 Å². The molecule has 5 N–H and O–H groups in total. The van der Waals surface area contributed by atoms with Crippen LogP contribution in [-0.2, 0) is 11.2 Å². The number of amides is 1. The highest BCUT2D eigenvalue weighted by Crippen LogP contribution is 2.20. The van der Waals surface area contributed by atoms with E-state index in [9.17, 15) is 24.9 Å². The summed E-state index contributed by atoms with van der Waals surface area (Å²) in [6, 6.07) is 12.0. The number of hydrogen-bond donors (Lipinski definition) is 5. The lowest BCUT2D eigenvalue weighted by molar-refractivity contribution is -0.141. The largest absolute Gasteiger partial charge is 0.496 e. The van der Waals surface area contributed by atoms with E-state index in [1.54, 1.807) is 48.5 Å². The maximum atomic E-state index is 12.5. The molecule has 31 heavy (non-hydrogen) atoms. The summed E-state index contributed by atoms with van der Waals surface area (Å²) in [5.74, 6) is -0.740. The fraction of sp³-hybridized carbons (Fsp3) is 0.391. The zero-order valence-electron chi connectivity index (χ0n) is 17.9. The van der Waals surface area contributed by atoms with E-state index in [1.807, 2.05) is 13.8 Å². The van der Waals surface area contributed by atoms with Gasteiger partial charge in [-0.1, -0.05) is 38.1 Å². The van der Waals surface area contributed by atoms with E-state index in [0.717, 1.165) is 5.56 Å². The molecule has 0 saturated carbocycles. The Hall–Kier alpha value is -2.94. The molecule has 2 atom stereocenters. The number of anilines is 1. The summed E-state index contributed by atoms with van der Waals surface area (Å²) < 4.78 is 5.20. The minimum atomic E-state index is -1.72. The van der Waals surface area contributed by atoms with Gasteiger partial charge in [-0.3, -0.25) is 14.9 Å². The number of nitrogens with one attached hydrogen (secondary N) is 2. The molecule has 0 aliphatic carbocycles. The highest BCUT2D eigenvalue weighted by atomic mass is 16.5. The highest BCUT2D eigenvalue weighted by Gasteiger charge is 2.26. The molecule has 8 nitrogen and oxygen atoms in total. The van der Waals surface area contributed by atoms with Crippen LogP contribution in [0.25, 0.3) is 0 Å². The van der Waals surface area contributed by atoms with Crippen molar-refractivity contribution in [3.05, 3.63) is 59.7 Å². The van der Waals surface area contributed by atoms with Gasteiger partial charge in [0.05, 0.1) is 18.7 Å². The van der Waals surface area contributed by atoms with Gasteiger partial charge in [-0.05, 0) is 48.6 Å². The third kappa shape index (κ3) is 7.36. The number of hydrogen-bond acceptors (Lipinski definition) is 6. The Kier molecular flexibility index (Phi) is 8.99. The molecule has 0 aliphatic rings. The SMILES string of the molecule is COc1ccccc1C(=O)Nc1ccc(C[C@H](N[C@@H](CC(C)C)C(=O)O)C(O)O)cc1. The van der Waals surface area contributed by atoms with Crippen molar-refractivity contribution < 1.29 is 29.6 Å². The smallest absolute Gasteiger partial charge is 0.320 e. The van der Waals surface area contributed by atoms with Crippen molar-refractivity contribution in [1.29, 1.82) is 0 Å². The molecular weight excluding hydrogens is 400 g/mol. The fourth-order valence-electron chi connectivity index (χ4n) is 3.23. The summed E-state index contributed by atoms with van der Waals surface area (Å²) in [5, 5.41) is 34.5. The summed E-state index contributed by atoms with van der Waals surface area (Å²) in [6.07, 6.45) is -1.15. The molecule has 0 aliphatic heterocycles. The topological polar surface area (TPSA) is 128 Å². The van der Waals surface area contributed by atoms with Crippen LogP contribution in [0, 0.1) is 5.92 Å². The van der Waals surface area contributed by atoms with Gasteiger partial charge in [0.1, 0.15) is 11.8 Å². The zero-order chi connectivity index (χ0) is 23.0. The van der Waals surface area contributed by atoms with Gasteiger partial charge in [-0.25, -0.2) is 0 Å². The summed E-state index contributed by atoms with van der Waals surface area (Å²) in [7, 11) is 1.50. The number of ether oxygens (including phenoxy) is 1. The number of rotatable bonds is 11. The van der Waals surface area contributed by atoms with Crippen LogP contribution >= 0.6 is 0 Å². The Morgan fingerprint density at radius 3 is 2.23 bits per heavy atom. The molecule has 1 amide bonds. The van der Waals surface area contributed by atoms with Gasteiger partial charge in [0.15, 0.2) is 6.29 Å². The maximum absolute atomic E-state index is 12.5. The Bertz CT molecular complexity index is 867. The Morgan fingerprint density at radius 2 is 1.68 bits per heavy atom. The molecule has 168 valence electrons. The van der Waals surface area contributed by atoms with Crippen molar-refractivity contribution in [2.45, 2.75) is 45.1 Å². The number of benzene rings is 2. The number of aliphatic hydroxyl groups is 2. The third-order valence-electron chi connectivity index (χ3n) is 4.80. The lowest BCUT2D eigenvalue weighted by Crippen LogP contribution is -2.50. The molecule has 0 radical (unpaired) electrons. The van der Waals surface area contributed by atoms with Gasteiger partial charge in [0, 0.05) is 5.69 Å². The van der Waals surface area contributed by atoms with E-state index in [1.165, 1.54) is 7.11 Å². The maximum Gasteiger partial charge on any atom is 0.320 e. The molecule has 0 aromatic heterocycles. The van der Waals surface area contributed by atoms with Crippen LogP contribution in [0.4, 0.5) is 5.69 Å². The summed E-state index contributed by atoms with van der Waals surface area (Å²) in [6.45, 7) is 3.81. The first-order chi connectivity index (χ1) is 14.7. The van der Waals surface area contributed by atoms with Crippen molar-refractivity contribution in [1.82, 2.24) is 5.32 Å². The van der Waals surface area contributed by atoms with E-state index in [-0.39, 0.29) is 18.2 Å². The van der Waals surface area contributed by atoms with Gasteiger partial charge < -0.3 is 25.4 Å². The molecular formula is C23H30N2O6. The quantitative estimate of drug-likeness (QED) is 0.346. The second kappa shape index (κ2) is 11.5. The number of methoxy groups -OCH3 is 1. The number of carbonyl (C=O) groups excluding carboxylic acids is 1. The Labute approximate surface area is 181 Å². The fourth-order valence-corrected chi connectivity index (χ4v) is 3.23. The zero-order valence-corrected chi connectivity index (χ0v) is 17.9. The molecule has 2 aromatic carbocycles. The standard InChI is InChI=1S/C23H30N2O6/c1-14(2)12-18(22(27)28)25-19(23(29)30)13-15-8-10-16(11-9-15)24-21(26)17-6-4-5-7-20(17)31-3/h4-11,14,18-19,23,25,29-30H,12-13H2,1-3H3,(H,24,26)(H,27,28)/t18-,19-/m0/s1. The third-order valence-corrected chi connectivity index (χ3v) is 4.80. The molecule has 2 aromatic rings. The number of para-hydroxylation sites is 1. The predicted octanol–water partition coefficient (Wildman–Crippen LogP) is 2.26. The second-order valence-electron chi connectivity index (χ2n) is 7.76. The average Bonchev–Trinajstić information content (AvgIpc) is 2.73. The molecule has 0 heterocycles. The number of aliphatic carboxylic acids is 1. The Morgan fingerprint density at radius 1 is 1.03 bits per heavy atom. The normalized spacial score (nSPS) is 13.1. The van der Waals surface area contributed by atoms with E-state index < -0.39 is 24.3 Å². The molecule has 0 bridgehead atoms. The van der Waals surface area contributed by atoms with Crippen LogP contribution in [0.3, 0.4) is 0 Å². The first-order valence-corrected chi connectivity index (χ1v) is 10.1. The molecule has 0 unspecified atom stereocenters. The van der Waals surface area contributed by atoms with Crippen LogP contribution in [0.1, 0.15) is 36.2 Å². The average molecular weight is 431 g/mol. The molecule has 8 heteroatoms. The Balaban J connectivity index is 2.05. The number of carboxylic acid groups (broad SMARTS) is 1. The van der Waals surface area contributed by atoms with E-state index in [0.29, 0.717) is 23.4 Å². The van der Waals surface area contributed by atoms with E-state index in [4.69, 9.17) is 4.74 Å². The first kappa shape index (κ1) is 24.3. The number of aliphatic hydroxyl groups excluding tert-OH is 1. The van der Waals surface area contributed by atoms with Crippen molar-refractivity contribution in [3.63, 3.8) is 0 Å². The van der Waals surface area contributed by atoms with Gasteiger partial charge in [-0.2, -0.15) is 0 Å². The van der Waals surface area contributed by atoms with Gasteiger partial charge in [-0.15, -0.1) is 0 Å². The lowest BCUT2D eigenvalue weighted by Gasteiger charge is -2.26. The van der Waals surface area contributed by atoms with Crippen LogP contribution < -0.4 is 15.4 Å². The van der Waals surface area contributed by atoms with Gasteiger partial charge >= 0.3 is 5.97 Å². The molecule has 2 rings (SSSR count). The summed E-state index contributed by atoms with van der Waals surface area (Å²) in [5.41, 5.74) is 1.73. The molecule has 0 spiro atoms. The number of carboxylic acids is 1. The van der Waals surface area contributed by atoms with Crippen LogP contribution in [0.5, 0.6) is 5.75 Å². The van der Waals surface area contributed by atoms with Crippen molar-refractivity contribution in [2.24, 2.45) is 5.92 Å². The van der Waals surface area contributed by atoms with Crippen LogP contribution in [0.2, 0.25) is 0 Å². The summed E-state index contributed by atoms with van der Waals surface area (Å²) in [4.78, 5) is 24.0. The summed E-state index contributed by atoms with van der Waals surface area (Å²) >= 11 is 0. The minimum Gasteiger partial charge on any atom is -0.496 e. The van der Waals surface area contributed by atoms with Crippen molar-refractivity contribution >= 4 is 17.6 Å². The second-order valence-corrected chi connectivity index (χ2v) is 7.76. The molecule has 0 saturated heterocycles. The van der Waals surface area contributed by atoms with Gasteiger partial charge in [0.2, 0.25) is 0 Å². The number of carbonyl (C=O) groups is 2. The monoisotopic (exact) mass is 430 g/mol.